The SMILES string of the molecule is CC(=O)N1CCN(C(=O)[C@H]2CC(C)C[C@H]2C(=O)O)CC1. The van der Waals surface area contributed by atoms with E-state index in [9.17, 15) is 19.5 Å². The highest BCUT2D eigenvalue weighted by molar-refractivity contribution is 5.85. The largest absolute Gasteiger partial charge is 0.481 e. The van der Waals surface area contributed by atoms with E-state index in [1.54, 1.807) is 9.80 Å². The Morgan fingerprint density at radius 3 is 1.95 bits per heavy atom. The molecule has 1 heterocycles. The van der Waals surface area contributed by atoms with Gasteiger partial charge in [-0.15, -0.1) is 0 Å². The van der Waals surface area contributed by atoms with Gasteiger partial charge in [0, 0.05) is 33.1 Å². The van der Waals surface area contributed by atoms with Gasteiger partial charge in [0.1, 0.15) is 0 Å². The van der Waals surface area contributed by atoms with Crippen molar-refractivity contribution >= 4 is 17.8 Å². The molecular formula is C14H22N2O4. The molecule has 1 saturated heterocycles. The van der Waals surface area contributed by atoms with Crippen molar-refractivity contribution in [2.45, 2.75) is 26.7 Å². The van der Waals surface area contributed by atoms with Gasteiger partial charge in [-0.25, -0.2) is 0 Å². The summed E-state index contributed by atoms with van der Waals surface area (Å²) in [6.45, 7) is 5.63. The van der Waals surface area contributed by atoms with Crippen molar-refractivity contribution in [1.29, 1.82) is 0 Å². The third kappa shape index (κ3) is 2.94. The van der Waals surface area contributed by atoms with Gasteiger partial charge in [-0.2, -0.15) is 0 Å². The van der Waals surface area contributed by atoms with Gasteiger partial charge in [0.2, 0.25) is 11.8 Å². The Kier molecular flexibility index (Phi) is 4.30. The van der Waals surface area contributed by atoms with Crippen LogP contribution in [-0.2, 0) is 14.4 Å². The van der Waals surface area contributed by atoms with Crippen molar-refractivity contribution in [3.63, 3.8) is 0 Å². The highest BCUT2D eigenvalue weighted by Crippen LogP contribution is 2.37. The molecule has 1 aliphatic carbocycles. The van der Waals surface area contributed by atoms with E-state index >= 15 is 0 Å². The first-order valence-electron chi connectivity index (χ1n) is 7.17. The molecule has 0 radical (unpaired) electrons. The van der Waals surface area contributed by atoms with Crippen LogP contribution in [0.15, 0.2) is 0 Å². The fourth-order valence-electron chi connectivity index (χ4n) is 3.31. The summed E-state index contributed by atoms with van der Waals surface area (Å²) in [5.41, 5.74) is 0. The molecule has 0 aromatic carbocycles. The highest BCUT2D eigenvalue weighted by Gasteiger charge is 2.43. The van der Waals surface area contributed by atoms with Crippen LogP contribution < -0.4 is 0 Å². The number of hydrogen-bond acceptors (Lipinski definition) is 3. The molecule has 0 bridgehead atoms. The van der Waals surface area contributed by atoms with E-state index in [2.05, 4.69) is 0 Å². The second-order valence-corrected chi connectivity index (χ2v) is 5.96. The zero-order valence-corrected chi connectivity index (χ0v) is 12.0. The predicted molar refractivity (Wildman–Crippen MR) is 71.8 cm³/mol. The molecule has 2 amide bonds. The van der Waals surface area contributed by atoms with Crippen LogP contribution in [0.1, 0.15) is 26.7 Å². The van der Waals surface area contributed by atoms with Gasteiger partial charge in [-0.05, 0) is 18.8 Å². The summed E-state index contributed by atoms with van der Waals surface area (Å²) < 4.78 is 0. The summed E-state index contributed by atoms with van der Waals surface area (Å²) in [6.07, 6.45) is 1.24. The summed E-state index contributed by atoms with van der Waals surface area (Å²) in [6, 6.07) is 0. The smallest absolute Gasteiger partial charge is 0.307 e. The van der Waals surface area contributed by atoms with Crippen molar-refractivity contribution in [2.24, 2.45) is 17.8 Å². The van der Waals surface area contributed by atoms with E-state index in [4.69, 9.17) is 0 Å². The minimum Gasteiger partial charge on any atom is -0.481 e. The molecule has 2 aliphatic rings. The standard InChI is InChI=1S/C14H22N2O4/c1-9-7-11(12(8-9)14(19)20)13(18)16-5-3-15(4-6-16)10(2)17/h9,11-12H,3-8H2,1-2H3,(H,19,20)/t9?,11-,12+/m0/s1. The number of amides is 2. The minimum absolute atomic E-state index is 0.0231. The van der Waals surface area contributed by atoms with Crippen LogP contribution >= 0.6 is 0 Å². The monoisotopic (exact) mass is 282 g/mol. The van der Waals surface area contributed by atoms with E-state index in [0.29, 0.717) is 39.0 Å². The van der Waals surface area contributed by atoms with Gasteiger partial charge in [0.15, 0.2) is 0 Å². The van der Waals surface area contributed by atoms with Crippen molar-refractivity contribution in [1.82, 2.24) is 9.80 Å². The van der Waals surface area contributed by atoms with Crippen LogP contribution in [0.25, 0.3) is 0 Å². The number of rotatable bonds is 2. The number of hydrogen-bond donors (Lipinski definition) is 1. The molecule has 6 nitrogen and oxygen atoms in total. The maximum Gasteiger partial charge on any atom is 0.307 e. The second-order valence-electron chi connectivity index (χ2n) is 5.96. The van der Waals surface area contributed by atoms with E-state index in [1.807, 2.05) is 6.92 Å². The Morgan fingerprint density at radius 2 is 1.45 bits per heavy atom. The second kappa shape index (κ2) is 5.81. The Bertz CT molecular complexity index is 415. The molecular weight excluding hydrogens is 260 g/mol. The third-order valence-corrected chi connectivity index (χ3v) is 4.47. The number of nitrogens with zero attached hydrogens (tertiary/aromatic N) is 2. The molecule has 0 aromatic heterocycles. The first-order valence-corrected chi connectivity index (χ1v) is 7.17. The van der Waals surface area contributed by atoms with Gasteiger partial charge in [-0.3, -0.25) is 14.4 Å². The molecule has 2 fully saturated rings. The molecule has 1 N–H and O–H groups in total. The average Bonchev–Trinajstić information content (AvgIpc) is 2.80. The molecule has 0 aromatic rings. The van der Waals surface area contributed by atoms with E-state index in [1.165, 1.54) is 6.92 Å². The first kappa shape index (κ1) is 14.8. The molecule has 1 saturated carbocycles. The Balaban J connectivity index is 1.98. The Morgan fingerprint density at radius 1 is 0.950 bits per heavy atom. The van der Waals surface area contributed by atoms with Crippen molar-refractivity contribution < 1.29 is 19.5 Å². The van der Waals surface area contributed by atoms with Crippen molar-refractivity contribution in [3.05, 3.63) is 0 Å². The lowest BCUT2D eigenvalue weighted by atomic mass is 9.94. The van der Waals surface area contributed by atoms with Crippen LogP contribution in [-0.4, -0.2) is 58.9 Å². The lowest BCUT2D eigenvalue weighted by Gasteiger charge is -2.36. The fraction of sp³-hybridized carbons (Fsp3) is 0.786. The third-order valence-electron chi connectivity index (χ3n) is 4.47. The quantitative estimate of drug-likeness (QED) is 0.796. The van der Waals surface area contributed by atoms with Gasteiger partial charge in [-0.1, -0.05) is 6.92 Å². The van der Waals surface area contributed by atoms with Crippen molar-refractivity contribution in [3.8, 4) is 0 Å². The first-order chi connectivity index (χ1) is 9.40. The lowest BCUT2D eigenvalue weighted by Crippen LogP contribution is -2.52. The van der Waals surface area contributed by atoms with Crippen molar-refractivity contribution in [2.75, 3.05) is 26.2 Å². The average molecular weight is 282 g/mol. The molecule has 2 rings (SSSR count). The maximum absolute atomic E-state index is 12.5. The topological polar surface area (TPSA) is 77.9 Å². The summed E-state index contributed by atoms with van der Waals surface area (Å²) in [5.74, 6) is -1.56. The van der Waals surface area contributed by atoms with Crippen LogP contribution in [0.4, 0.5) is 0 Å². The van der Waals surface area contributed by atoms with Crippen LogP contribution in [0.3, 0.4) is 0 Å². The predicted octanol–water partition coefficient (Wildman–Crippen LogP) is 0.424. The molecule has 20 heavy (non-hydrogen) atoms. The number of carbonyl (C=O) groups is 3. The van der Waals surface area contributed by atoms with Crippen LogP contribution in [0.5, 0.6) is 0 Å². The number of piperazine rings is 1. The number of carbonyl (C=O) groups excluding carboxylic acids is 2. The zero-order valence-electron chi connectivity index (χ0n) is 12.0. The zero-order chi connectivity index (χ0) is 14.9. The van der Waals surface area contributed by atoms with E-state index in [-0.39, 0.29) is 17.7 Å². The van der Waals surface area contributed by atoms with Gasteiger partial charge in [0.05, 0.1) is 11.8 Å². The Labute approximate surface area is 118 Å². The Hall–Kier alpha value is -1.59. The molecule has 0 spiro atoms. The van der Waals surface area contributed by atoms with Gasteiger partial charge in [0.25, 0.3) is 0 Å². The minimum atomic E-state index is -0.866. The fourth-order valence-corrected chi connectivity index (χ4v) is 3.31. The molecule has 1 aliphatic heterocycles. The molecule has 6 heteroatoms. The number of aliphatic carboxylic acids is 1. The molecule has 3 atom stereocenters. The van der Waals surface area contributed by atoms with E-state index in [0.717, 1.165) is 0 Å². The number of carboxylic acids is 1. The number of carboxylic acid groups (broad SMARTS) is 1. The summed E-state index contributed by atoms with van der Waals surface area (Å²) in [5, 5.41) is 9.24. The van der Waals surface area contributed by atoms with Crippen LogP contribution in [0.2, 0.25) is 0 Å². The molecule has 1 unspecified atom stereocenters. The van der Waals surface area contributed by atoms with E-state index < -0.39 is 17.8 Å². The lowest BCUT2D eigenvalue weighted by molar-refractivity contribution is -0.150. The summed E-state index contributed by atoms with van der Waals surface area (Å²) >= 11 is 0. The van der Waals surface area contributed by atoms with Gasteiger partial charge < -0.3 is 14.9 Å². The summed E-state index contributed by atoms with van der Waals surface area (Å²) in [4.78, 5) is 38.5. The van der Waals surface area contributed by atoms with Gasteiger partial charge >= 0.3 is 5.97 Å². The normalized spacial score (nSPS) is 30.4. The maximum atomic E-state index is 12.5. The highest BCUT2D eigenvalue weighted by atomic mass is 16.4. The molecule has 112 valence electrons. The summed E-state index contributed by atoms with van der Waals surface area (Å²) in [7, 11) is 0. The van der Waals surface area contributed by atoms with Crippen LogP contribution in [0, 0.1) is 17.8 Å².